The summed E-state index contributed by atoms with van der Waals surface area (Å²) >= 11 is 0. The molecule has 2 amide bonds. The van der Waals surface area contributed by atoms with Crippen LogP contribution in [0, 0.1) is 17.6 Å². The minimum absolute atomic E-state index is 0.245. The monoisotopic (exact) mass is 405 g/mol. The summed E-state index contributed by atoms with van der Waals surface area (Å²) in [6.07, 6.45) is 0.870. The Hall–Kier alpha value is -3.03. The van der Waals surface area contributed by atoms with Gasteiger partial charge in [0.15, 0.2) is 23.1 Å². The maximum Gasteiger partial charge on any atom is 0.315 e. The van der Waals surface area contributed by atoms with Crippen molar-refractivity contribution in [2.75, 3.05) is 38.8 Å². The first kappa shape index (κ1) is 20.7. The second kappa shape index (κ2) is 9.45. The molecule has 0 spiro atoms. The third-order valence-corrected chi connectivity index (χ3v) is 5.01. The molecule has 1 atom stereocenters. The van der Waals surface area contributed by atoms with Crippen LogP contribution in [0.1, 0.15) is 12.0 Å². The van der Waals surface area contributed by atoms with E-state index in [1.807, 2.05) is 17.0 Å². The molecule has 156 valence electrons. The lowest BCUT2D eigenvalue weighted by Gasteiger charge is -2.19. The molecule has 2 aromatic rings. The van der Waals surface area contributed by atoms with E-state index < -0.39 is 11.6 Å². The van der Waals surface area contributed by atoms with Gasteiger partial charge in [-0.15, -0.1) is 0 Å². The number of hydrogen-bond donors (Lipinski definition) is 2. The molecule has 0 aromatic heterocycles. The summed E-state index contributed by atoms with van der Waals surface area (Å²) in [7, 11) is 3.13. The number of rotatable bonds is 7. The first-order chi connectivity index (χ1) is 14.0. The van der Waals surface area contributed by atoms with Gasteiger partial charge < -0.3 is 25.0 Å². The molecule has 3 rings (SSSR count). The largest absolute Gasteiger partial charge is 0.493 e. The van der Waals surface area contributed by atoms with Crippen LogP contribution in [-0.4, -0.2) is 39.9 Å². The summed E-state index contributed by atoms with van der Waals surface area (Å²) in [5.41, 5.74) is 1.55. The van der Waals surface area contributed by atoms with E-state index in [4.69, 9.17) is 9.47 Å². The Labute approximate surface area is 168 Å². The highest BCUT2D eigenvalue weighted by Crippen LogP contribution is 2.27. The Morgan fingerprint density at radius 1 is 1.07 bits per heavy atom. The van der Waals surface area contributed by atoms with Gasteiger partial charge in [0.25, 0.3) is 0 Å². The van der Waals surface area contributed by atoms with Gasteiger partial charge >= 0.3 is 6.03 Å². The zero-order valence-corrected chi connectivity index (χ0v) is 16.5. The lowest BCUT2D eigenvalue weighted by Crippen LogP contribution is -2.38. The average molecular weight is 405 g/mol. The molecule has 1 aliphatic heterocycles. The van der Waals surface area contributed by atoms with Crippen LogP contribution in [-0.2, 0) is 6.54 Å². The van der Waals surface area contributed by atoms with Crippen molar-refractivity contribution in [1.29, 1.82) is 0 Å². The Morgan fingerprint density at radius 2 is 1.86 bits per heavy atom. The van der Waals surface area contributed by atoms with Crippen LogP contribution >= 0.6 is 0 Å². The molecule has 1 fully saturated rings. The standard InChI is InChI=1S/C21H25F2N3O3/c1-28-19-6-3-14(9-20(19)29-2)11-24-21(27)25-12-15-7-8-26(13-15)16-4-5-17(22)18(23)10-16/h3-6,9-10,15H,7-8,11-13H2,1-2H3,(H2,24,25,27). The zero-order chi connectivity index (χ0) is 20.8. The van der Waals surface area contributed by atoms with Crippen molar-refractivity contribution in [3.63, 3.8) is 0 Å². The van der Waals surface area contributed by atoms with Gasteiger partial charge in [-0.25, -0.2) is 13.6 Å². The smallest absolute Gasteiger partial charge is 0.315 e. The Balaban J connectivity index is 1.43. The molecule has 0 saturated carbocycles. The summed E-state index contributed by atoms with van der Waals surface area (Å²) in [6.45, 7) is 2.29. The molecule has 0 bridgehead atoms. The van der Waals surface area contributed by atoms with Gasteiger partial charge in [-0.1, -0.05) is 6.07 Å². The predicted molar refractivity (Wildman–Crippen MR) is 106 cm³/mol. The maximum atomic E-state index is 13.4. The lowest BCUT2D eigenvalue weighted by molar-refractivity contribution is 0.239. The number of nitrogens with one attached hydrogen (secondary N) is 2. The molecule has 2 aromatic carbocycles. The zero-order valence-electron chi connectivity index (χ0n) is 16.5. The maximum absolute atomic E-state index is 13.4. The molecular formula is C21H25F2N3O3. The van der Waals surface area contributed by atoms with E-state index in [1.54, 1.807) is 26.4 Å². The quantitative estimate of drug-likeness (QED) is 0.742. The van der Waals surface area contributed by atoms with E-state index in [2.05, 4.69) is 10.6 Å². The highest BCUT2D eigenvalue weighted by molar-refractivity contribution is 5.73. The average Bonchev–Trinajstić information content (AvgIpc) is 3.21. The van der Waals surface area contributed by atoms with Crippen molar-refractivity contribution in [3.8, 4) is 11.5 Å². The number of ether oxygens (including phenoxy) is 2. The van der Waals surface area contributed by atoms with Crippen molar-refractivity contribution in [2.24, 2.45) is 5.92 Å². The molecular weight excluding hydrogens is 380 g/mol. The van der Waals surface area contributed by atoms with Crippen molar-refractivity contribution in [3.05, 3.63) is 53.6 Å². The molecule has 1 aliphatic rings. The van der Waals surface area contributed by atoms with Crippen LogP contribution < -0.4 is 25.0 Å². The summed E-state index contributed by atoms with van der Waals surface area (Å²) in [5, 5.41) is 5.69. The topological polar surface area (TPSA) is 62.8 Å². The second-order valence-corrected chi connectivity index (χ2v) is 6.95. The van der Waals surface area contributed by atoms with Crippen LogP contribution in [0.2, 0.25) is 0 Å². The van der Waals surface area contributed by atoms with Crippen LogP contribution in [0.25, 0.3) is 0 Å². The van der Waals surface area contributed by atoms with Crippen LogP contribution in [0.4, 0.5) is 19.3 Å². The molecule has 0 aliphatic carbocycles. The summed E-state index contributed by atoms with van der Waals surface area (Å²) in [5.74, 6) is -0.214. The Bertz CT molecular complexity index is 863. The summed E-state index contributed by atoms with van der Waals surface area (Å²) < 4.78 is 37.0. The van der Waals surface area contributed by atoms with Crippen molar-refractivity contribution in [1.82, 2.24) is 10.6 Å². The van der Waals surface area contributed by atoms with E-state index in [0.29, 0.717) is 36.8 Å². The van der Waals surface area contributed by atoms with Crippen molar-refractivity contribution < 1.29 is 23.0 Å². The van der Waals surface area contributed by atoms with Gasteiger partial charge in [0.2, 0.25) is 0 Å². The van der Waals surface area contributed by atoms with E-state index in [-0.39, 0.29) is 11.9 Å². The van der Waals surface area contributed by atoms with E-state index in [0.717, 1.165) is 24.6 Å². The number of hydrogen-bond acceptors (Lipinski definition) is 4. The SMILES string of the molecule is COc1ccc(CNC(=O)NCC2CCN(c3ccc(F)c(F)c3)C2)cc1OC. The minimum atomic E-state index is -0.850. The number of carbonyl (C=O) groups is 1. The van der Waals surface area contributed by atoms with E-state index >= 15 is 0 Å². The molecule has 2 N–H and O–H groups in total. The third-order valence-electron chi connectivity index (χ3n) is 5.01. The molecule has 1 heterocycles. The first-order valence-electron chi connectivity index (χ1n) is 9.42. The molecule has 1 saturated heterocycles. The summed E-state index contributed by atoms with van der Waals surface area (Å²) in [4.78, 5) is 14.1. The highest BCUT2D eigenvalue weighted by Gasteiger charge is 2.23. The number of methoxy groups -OCH3 is 2. The van der Waals surface area contributed by atoms with E-state index in [9.17, 15) is 13.6 Å². The minimum Gasteiger partial charge on any atom is -0.493 e. The molecule has 6 nitrogen and oxygen atoms in total. The van der Waals surface area contributed by atoms with Gasteiger partial charge in [0, 0.05) is 37.9 Å². The molecule has 29 heavy (non-hydrogen) atoms. The number of urea groups is 1. The third kappa shape index (κ3) is 5.28. The number of anilines is 1. The van der Waals surface area contributed by atoms with Crippen LogP contribution in [0.5, 0.6) is 11.5 Å². The Kier molecular flexibility index (Phi) is 6.74. The number of benzene rings is 2. The van der Waals surface area contributed by atoms with Crippen LogP contribution in [0.15, 0.2) is 36.4 Å². The fourth-order valence-electron chi connectivity index (χ4n) is 3.39. The van der Waals surface area contributed by atoms with Gasteiger partial charge in [0.1, 0.15) is 0 Å². The van der Waals surface area contributed by atoms with Gasteiger partial charge in [-0.05, 0) is 42.2 Å². The van der Waals surface area contributed by atoms with Gasteiger partial charge in [0.05, 0.1) is 14.2 Å². The van der Waals surface area contributed by atoms with Crippen molar-refractivity contribution in [2.45, 2.75) is 13.0 Å². The van der Waals surface area contributed by atoms with E-state index in [1.165, 1.54) is 6.07 Å². The van der Waals surface area contributed by atoms with Crippen molar-refractivity contribution >= 4 is 11.7 Å². The number of nitrogens with zero attached hydrogens (tertiary/aromatic N) is 1. The molecule has 0 radical (unpaired) electrons. The fraction of sp³-hybridized carbons (Fsp3) is 0.381. The molecule has 8 heteroatoms. The number of halogens is 2. The number of amides is 2. The van der Waals surface area contributed by atoms with Gasteiger partial charge in [-0.2, -0.15) is 0 Å². The Morgan fingerprint density at radius 3 is 2.59 bits per heavy atom. The van der Waals surface area contributed by atoms with Gasteiger partial charge in [-0.3, -0.25) is 0 Å². The number of carbonyl (C=O) groups excluding carboxylic acids is 1. The second-order valence-electron chi connectivity index (χ2n) is 6.95. The predicted octanol–water partition coefficient (Wildman–Crippen LogP) is 3.31. The lowest BCUT2D eigenvalue weighted by atomic mass is 10.1. The fourth-order valence-corrected chi connectivity index (χ4v) is 3.39. The normalized spacial score (nSPS) is 15.9. The summed E-state index contributed by atoms with van der Waals surface area (Å²) in [6, 6.07) is 9.13. The van der Waals surface area contributed by atoms with Crippen LogP contribution in [0.3, 0.4) is 0 Å². The first-order valence-corrected chi connectivity index (χ1v) is 9.42. The highest BCUT2D eigenvalue weighted by atomic mass is 19.2. The molecule has 1 unspecified atom stereocenters.